The summed E-state index contributed by atoms with van der Waals surface area (Å²) in [5.41, 5.74) is 2.24. The molecule has 0 atom stereocenters. The summed E-state index contributed by atoms with van der Waals surface area (Å²) in [6.45, 7) is 1.00. The number of aryl methyl sites for hydroxylation is 1. The first-order valence-corrected chi connectivity index (χ1v) is 6.95. The molecule has 1 heterocycles. The number of methoxy groups -OCH3 is 1. The van der Waals surface area contributed by atoms with Crippen LogP contribution in [-0.4, -0.2) is 16.7 Å². The van der Waals surface area contributed by atoms with Gasteiger partial charge < -0.3 is 14.3 Å². The summed E-state index contributed by atoms with van der Waals surface area (Å²) in [5.74, 6) is 1.87. The van der Waals surface area contributed by atoms with E-state index < -0.39 is 0 Å². The van der Waals surface area contributed by atoms with Crippen molar-refractivity contribution in [1.29, 1.82) is 0 Å². The second-order valence-electron chi connectivity index (χ2n) is 5.05. The van der Waals surface area contributed by atoms with E-state index in [1.165, 1.54) is 25.7 Å². The summed E-state index contributed by atoms with van der Waals surface area (Å²) in [5, 5.41) is 0. The second-order valence-corrected chi connectivity index (χ2v) is 5.44. The smallest absolute Gasteiger partial charge is 0.178 e. The highest BCUT2D eigenvalue weighted by molar-refractivity contribution is 7.71. The number of nitrogens with zero attached hydrogens (tertiary/aromatic N) is 1. The molecule has 1 fully saturated rings. The Kier molecular flexibility index (Phi) is 3.12. The standard InChI is InChI=1S/C14H18N2OS/c1-17-11-6-7-12-13(9-11)16(14(18)15-12)8-2-3-10-4-5-10/h6-7,9-10H,2-5,8H2,1H3,(H,15,18). The molecule has 4 heteroatoms. The molecule has 1 aromatic heterocycles. The molecule has 18 heavy (non-hydrogen) atoms. The maximum atomic E-state index is 5.39. The van der Waals surface area contributed by atoms with Crippen LogP contribution in [0.15, 0.2) is 18.2 Å². The molecule has 1 N–H and O–H groups in total. The monoisotopic (exact) mass is 262 g/mol. The Bertz CT molecular complexity index is 610. The third kappa shape index (κ3) is 2.29. The molecule has 0 aliphatic heterocycles. The third-order valence-corrected chi connectivity index (χ3v) is 4.00. The zero-order valence-electron chi connectivity index (χ0n) is 10.6. The number of hydrogen-bond acceptors (Lipinski definition) is 2. The predicted molar refractivity (Wildman–Crippen MR) is 75.6 cm³/mol. The van der Waals surface area contributed by atoms with Gasteiger partial charge in [-0.05, 0) is 43.1 Å². The van der Waals surface area contributed by atoms with Crippen molar-refractivity contribution in [3.63, 3.8) is 0 Å². The summed E-state index contributed by atoms with van der Waals surface area (Å²) in [4.78, 5) is 3.25. The molecular formula is C14H18N2OS. The molecule has 1 aliphatic rings. The van der Waals surface area contributed by atoms with Gasteiger partial charge in [0.25, 0.3) is 0 Å². The van der Waals surface area contributed by atoms with Crippen LogP contribution in [0, 0.1) is 10.7 Å². The van der Waals surface area contributed by atoms with Crippen molar-refractivity contribution in [2.75, 3.05) is 7.11 Å². The Hall–Kier alpha value is -1.29. The molecule has 0 saturated heterocycles. The van der Waals surface area contributed by atoms with E-state index in [0.29, 0.717) is 0 Å². The van der Waals surface area contributed by atoms with E-state index in [9.17, 15) is 0 Å². The molecular weight excluding hydrogens is 244 g/mol. The fraction of sp³-hybridized carbons (Fsp3) is 0.500. The molecule has 0 amide bonds. The van der Waals surface area contributed by atoms with Crippen molar-refractivity contribution in [3.05, 3.63) is 23.0 Å². The van der Waals surface area contributed by atoms with Crippen molar-refractivity contribution in [2.24, 2.45) is 5.92 Å². The van der Waals surface area contributed by atoms with Gasteiger partial charge in [0.05, 0.1) is 18.1 Å². The SMILES string of the molecule is COc1ccc2[nH]c(=S)n(CCCC3CC3)c2c1. The molecule has 1 aliphatic carbocycles. The largest absolute Gasteiger partial charge is 0.497 e. The summed E-state index contributed by atoms with van der Waals surface area (Å²) in [7, 11) is 1.69. The van der Waals surface area contributed by atoms with Gasteiger partial charge in [0.2, 0.25) is 0 Å². The van der Waals surface area contributed by atoms with Crippen LogP contribution in [0.5, 0.6) is 5.75 Å². The summed E-state index contributed by atoms with van der Waals surface area (Å²) in [6.07, 6.45) is 5.39. The lowest BCUT2D eigenvalue weighted by Gasteiger charge is -2.05. The zero-order chi connectivity index (χ0) is 12.5. The highest BCUT2D eigenvalue weighted by Gasteiger charge is 2.20. The van der Waals surface area contributed by atoms with Crippen LogP contribution < -0.4 is 4.74 Å². The quantitative estimate of drug-likeness (QED) is 0.828. The summed E-state index contributed by atoms with van der Waals surface area (Å²) >= 11 is 5.39. The molecule has 1 saturated carbocycles. The van der Waals surface area contributed by atoms with E-state index in [4.69, 9.17) is 17.0 Å². The van der Waals surface area contributed by atoms with Crippen molar-refractivity contribution in [1.82, 2.24) is 9.55 Å². The molecule has 1 aromatic carbocycles. The van der Waals surface area contributed by atoms with E-state index in [1.54, 1.807) is 7.11 Å². The van der Waals surface area contributed by atoms with Crippen molar-refractivity contribution >= 4 is 23.3 Å². The van der Waals surface area contributed by atoms with E-state index in [0.717, 1.165) is 34.0 Å². The van der Waals surface area contributed by atoms with Crippen molar-refractivity contribution in [2.45, 2.75) is 32.2 Å². The number of aromatic nitrogens is 2. The van der Waals surface area contributed by atoms with Gasteiger partial charge in [-0.25, -0.2) is 0 Å². The minimum atomic E-state index is 0.814. The molecule has 0 spiro atoms. The van der Waals surface area contributed by atoms with Crippen LogP contribution in [0.4, 0.5) is 0 Å². The molecule has 96 valence electrons. The average molecular weight is 262 g/mol. The van der Waals surface area contributed by atoms with Crippen LogP contribution >= 0.6 is 12.2 Å². The van der Waals surface area contributed by atoms with Gasteiger partial charge in [0.1, 0.15) is 5.75 Å². The van der Waals surface area contributed by atoms with Gasteiger partial charge in [-0.2, -0.15) is 0 Å². The maximum absolute atomic E-state index is 5.39. The fourth-order valence-electron chi connectivity index (χ4n) is 2.43. The number of aromatic amines is 1. The number of nitrogens with one attached hydrogen (secondary N) is 1. The summed E-state index contributed by atoms with van der Waals surface area (Å²) in [6, 6.07) is 6.04. The van der Waals surface area contributed by atoms with Crippen LogP contribution in [0.3, 0.4) is 0 Å². The minimum Gasteiger partial charge on any atom is -0.497 e. The molecule has 2 aromatic rings. The topological polar surface area (TPSA) is 29.9 Å². The predicted octanol–water partition coefficient (Wildman–Crippen LogP) is 3.90. The van der Waals surface area contributed by atoms with Gasteiger partial charge in [0, 0.05) is 12.6 Å². The van der Waals surface area contributed by atoms with Gasteiger partial charge >= 0.3 is 0 Å². The van der Waals surface area contributed by atoms with Crippen molar-refractivity contribution in [3.8, 4) is 5.75 Å². The van der Waals surface area contributed by atoms with Gasteiger partial charge in [-0.1, -0.05) is 12.8 Å². The molecule has 3 nitrogen and oxygen atoms in total. The van der Waals surface area contributed by atoms with E-state index in [1.807, 2.05) is 12.1 Å². The lowest BCUT2D eigenvalue weighted by molar-refractivity contribution is 0.415. The first kappa shape index (κ1) is 11.8. The Balaban J connectivity index is 1.87. The Morgan fingerprint density at radius 2 is 2.28 bits per heavy atom. The average Bonchev–Trinajstić information content (AvgIpc) is 3.14. The number of hydrogen-bond donors (Lipinski definition) is 1. The van der Waals surface area contributed by atoms with Crippen LogP contribution in [0.25, 0.3) is 11.0 Å². The zero-order valence-corrected chi connectivity index (χ0v) is 11.4. The number of fused-ring (bicyclic) bond motifs is 1. The van der Waals surface area contributed by atoms with Gasteiger partial charge in [0.15, 0.2) is 4.77 Å². The van der Waals surface area contributed by atoms with Gasteiger partial charge in [-0.3, -0.25) is 0 Å². The molecule has 0 bridgehead atoms. The second kappa shape index (κ2) is 4.76. The van der Waals surface area contributed by atoms with E-state index >= 15 is 0 Å². The molecule has 3 rings (SSSR count). The first-order chi connectivity index (χ1) is 8.78. The molecule has 0 unspecified atom stereocenters. The lowest BCUT2D eigenvalue weighted by Crippen LogP contribution is -1.98. The Morgan fingerprint density at radius 1 is 1.44 bits per heavy atom. The number of H-pyrrole nitrogens is 1. The van der Waals surface area contributed by atoms with Crippen LogP contribution in [0.1, 0.15) is 25.7 Å². The number of benzene rings is 1. The highest BCUT2D eigenvalue weighted by atomic mass is 32.1. The Labute approximate surface area is 112 Å². The summed E-state index contributed by atoms with van der Waals surface area (Å²) < 4.78 is 8.28. The highest BCUT2D eigenvalue weighted by Crippen LogP contribution is 2.33. The number of imidazole rings is 1. The number of rotatable bonds is 5. The van der Waals surface area contributed by atoms with E-state index in [-0.39, 0.29) is 0 Å². The number of ether oxygens (including phenoxy) is 1. The van der Waals surface area contributed by atoms with Crippen LogP contribution in [-0.2, 0) is 6.54 Å². The lowest BCUT2D eigenvalue weighted by atomic mass is 10.2. The minimum absolute atomic E-state index is 0.814. The normalized spacial score (nSPS) is 15.2. The van der Waals surface area contributed by atoms with Crippen molar-refractivity contribution < 1.29 is 4.74 Å². The first-order valence-electron chi connectivity index (χ1n) is 6.54. The molecule has 0 radical (unpaired) electrons. The third-order valence-electron chi connectivity index (χ3n) is 3.67. The maximum Gasteiger partial charge on any atom is 0.178 e. The van der Waals surface area contributed by atoms with Crippen LogP contribution in [0.2, 0.25) is 0 Å². The fourth-order valence-corrected chi connectivity index (χ4v) is 2.73. The van der Waals surface area contributed by atoms with Gasteiger partial charge in [-0.15, -0.1) is 0 Å². The van der Waals surface area contributed by atoms with E-state index in [2.05, 4.69) is 15.6 Å². The Morgan fingerprint density at radius 3 is 3.00 bits per heavy atom.